The number of aromatic nitrogens is 3. The third kappa shape index (κ3) is 3.11. The average Bonchev–Trinajstić information content (AvgIpc) is 2.69. The van der Waals surface area contributed by atoms with Crippen LogP contribution in [0.1, 0.15) is 5.69 Å². The molecule has 0 atom stereocenters. The summed E-state index contributed by atoms with van der Waals surface area (Å²) in [5.41, 5.74) is 0.710. The monoisotopic (exact) mass is 300 g/mol. The summed E-state index contributed by atoms with van der Waals surface area (Å²) >= 11 is 0. The van der Waals surface area contributed by atoms with E-state index in [0.717, 1.165) is 18.5 Å². The molecule has 2 rings (SSSR count). The molecule has 0 aliphatic carbocycles. The maximum Gasteiger partial charge on any atom is 0.263 e. The molecule has 2 aromatic heterocycles. The molecule has 7 nitrogen and oxygen atoms in total. The van der Waals surface area contributed by atoms with E-state index in [0.29, 0.717) is 5.69 Å². The number of aryl methyl sites for hydroxylation is 1. The van der Waals surface area contributed by atoms with Crippen molar-refractivity contribution in [2.75, 3.05) is 11.8 Å². The van der Waals surface area contributed by atoms with Crippen LogP contribution in [-0.4, -0.2) is 30.3 Å². The summed E-state index contributed by atoms with van der Waals surface area (Å²) in [6, 6.07) is 0.891. The number of pyridine rings is 1. The molecule has 0 fully saturated rings. The van der Waals surface area contributed by atoms with Crippen molar-refractivity contribution in [3.63, 3.8) is 0 Å². The van der Waals surface area contributed by atoms with Crippen molar-refractivity contribution in [1.82, 2.24) is 14.8 Å². The Morgan fingerprint density at radius 2 is 2.20 bits per heavy atom. The zero-order valence-corrected chi connectivity index (χ0v) is 11.7. The van der Waals surface area contributed by atoms with Gasteiger partial charge in [0.05, 0.1) is 18.5 Å². The van der Waals surface area contributed by atoms with E-state index in [2.05, 4.69) is 14.8 Å². The predicted octanol–water partition coefficient (Wildman–Crippen LogP) is 0.901. The summed E-state index contributed by atoms with van der Waals surface area (Å²) in [6.45, 7) is 0.153. The van der Waals surface area contributed by atoms with Crippen LogP contribution in [0.4, 0.5) is 10.1 Å². The van der Waals surface area contributed by atoms with Gasteiger partial charge >= 0.3 is 0 Å². The first kappa shape index (κ1) is 14.4. The summed E-state index contributed by atoms with van der Waals surface area (Å²) < 4.78 is 46.0. The van der Waals surface area contributed by atoms with Crippen molar-refractivity contribution in [1.29, 1.82) is 0 Å². The van der Waals surface area contributed by atoms with E-state index in [4.69, 9.17) is 4.74 Å². The molecule has 0 saturated heterocycles. The second kappa shape index (κ2) is 5.55. The van der Waals surface area contributed by atoms with Gasteiger partial charge < -0.3 is 4.74 Å². The lowest BCUT2D eigenvalue weighted by Crippen LogP contribution is -2.14. The largest absolute Gasteiger partial charge is 0.378 e. The molecule has 0 aromatic carbocycles. The molecule has 0 unspecified atom stereocenters. The highest BCUT2D eigenvalue weighted by atomic mass is 32.2. The summed E-state index contributed by atoms with van der Waals surface area (Å²) in [5, 5.41) is 4.07. The smallest absolute Gasteiger partial charge is 0.263 e. The van der Waals surface area contributed by atoms with Crippen molar-refractivity contribution in [2.45, 2.75) is 11.5 Å². The minimum absolute atomic E-state index is 0.153. The first-order valence-corrected chi connectivity index (χ1v) is 7.05. The van der Waals surface area contributed by atoms with Crippen LogP contribution in [0.25, 0.3) is 0 Å². The molecule has 0 bridgehead atoms. The number of rotatable bonds is 5. The van der Waals surface area contributed by atoms with Gasteiger partial charge in [0.1, 0.15) is 16.4 Å². The fourth-order valence-corrected chi connectivity index (χ4v) is 2.65. The van der Waals surface area contributed by atoms with E-state index >= 15 is 0 Å². The van der Waals surface area contributed by atoms with Gasteiger partial charge in [0.15, 0.2) is 0 Å². The lowest BCUT2D eigenvalue weighted by atomic mass is 10.4. The van der Waals surface area contributed by atoms with Gasteiger partial charge in [0.2, 0.25) is 0 Å². The van der Waals surface area contributed by atoms with Crippen molar-refractivity contribution < 1.29 is 17.5 Å². The minimum atomic E-state index is -3.92. The topological polar surface area (TPSA) is 86.1 Å². The zero-order chi connectivity index (χ0) is 14.8. The van der Waals surface area contributed by atoms with Crippen molar-refractivity contribution >= 4 is 15.7 Å². The molecule has 0 aliphatic heterocycles. The number of anilines is 1. The average molecular weight is 300 g/mol. The summed E-state index contributed by atoms with van der Waals surface area (Å²) in [4.78, 5) is 3.26. The fourth-order valence-electron chi connectivity index (χ4n) is 1.61. The van der Waals surface area contributed by atoms with E-state index in [1.165, 1.54) is 18.0 Å². The van der Waals surface area contributed by atoms with Gasteiger partial charge in [0, 0.05) is 26.6 Å². The van der Waals surface area contributed by atoms with E-state index in [9.17, 15) is 12.8 Å². The lowest BCUT2D eigenvalue weighted by Gasteiger charge is -2.07. The summed E-state index contributed by atoms with van der Waals surface area (Å²) in [5.74, 6) is -0.726. The highest BCUT2D eigenvalue weighted by Crippen LogP contribution is 2.19. The van der Waals surface area contributed by atoms with Gasteiger partial charge in [-0.3, -0.25) is 14.4 Å². The SMILES string of the molecule is COCc1nn(C)cc1NS(=O)(=O)c1cncc(F)c1. The van der Waals surface area contributed by atoms with Gasteiger partial charge in [-0.25, -0.2) is 12.8 Å². The first-order valence-electron chi connectivity index (χ1n) is 5.57. The highest BCUT2D eigenvalue weighted by molar-refractivity contribution is 7.92. The van der Waals surface area contributed by atoms with E-state index in [1.807, 2.05) is 0 Å². The van der Waals surface area contributed by atoms with Crippen LogP contribution in [0.2, 0.25) is 0 Å². The molecule has 0 radical (unpaired) electrons. The van der Waals surface area contributed by atoms with Gasteiger partial charge in [0.25, 0.3) is 10.0 Å². The molecule has 2 aromatic rings. The van der Waals surface area contributed by atoms with Gasteiger partial charge in [-0.2, -0.15) is 5.10 Å². The number of methoxy groups -OCH3 is 1. The third-order valence-electron chi connectivity index (χ3n) is 2.42. The molecule has 108 valence electrons. The molecule has 0 amide bonds. The Morgan fingerprint density at radius 3 is 2.85 bits per heavy atom. The molecular weight excluding hydrogens is 287 g/mol. The maximum absolute atomic E-state index is 13.0. The Morgan fingerprint density at radius 1 is 1.45 bits per heavy atom. The van der Waals surface area contributed by atoms with Crippen molar-refractivity contribution in [3.05, 3.63) is 36.2 Å². The number of nitrogens with one attached hydrogen (secondary N) is 1. The minimum Gasteiger partial charge on any atom is -0.378 e. The van der Waals surface area contributed by atoms with Crippen LogP contribution in [0.3, 0.4) is 0 Å². The van der Waals surface area contributed by atoms with Crippen molar-refractivity contribution in [2.24, 2.45) is 7.05 Å². The molecular formula is C11H13FN4O3S. The molecule has 2 heterocycles. The number of nitrogens with zero attached hydrogens (tertiary/aromatic N) is 3. The Bertz CT molecular complexity index is 714. The van der Waals surface area contributed by atoms with Gasteiger partial charge in [-0.05, 0) is 6.07 Å². The zero-order valence-electron chi connectivity index (χ0n) is 10.9. The summed E-state index contributed by atoms with van der Waals surface area (Å²) in [7, 11) is -0.796. The molecule has 1 N–H and O–H groups in total. The number of hydrogen-bond donors (Lipinski definition) is 1. The maximum atomic E-state index is 13.0. The number of halogens is 1. The predicted molar refractivity (Wildman–Crippen MR) is 68.9 cm³/mol. The molecule has 9 heteroatoms. The second-order valence-corrected chi connectivity index (χ2v) is 5.72. The standard InChI is InChI=1S/C11H13FN4O3S/c1-16-6-10(11(14-16)7-19-2)15-20(17,18)9-3-8(12)4-13-5-9/h3-6,15H,7H2,1-2H3. The number of ether oxygens (including phenoxy) is 1. The summed E-state index contributed by atoms with van der Waals surface area (Å²) in [6.07, 6.45) is 3.50. The van der Waals surface area contributed by atoms with Crippen LogP contribution in [0, 0.1) is 5.82 Å². The third-order valence-corrected chi connectivity index (χ3v) is 3.75. The van der Waals surface area contributed by atoms with Crippen LogP contribution < -0.4 is 4.72 Å². The Hall–Kier alpha value is -2.00. The Kier molecular flexibility index (Phi) is 4.00. The number of hydrogen-bond acceptors (Lipinski definition) is 5. The Balaban J connectivity index is 2.33. The lowest BCUT2D eigenvalue weighted by molar-refractivity contribution is 0.181. The van der Waals surface area contributed by atoms with Crippen molar-refractivity contribution in [3.8, 4) is 0 Å². The number of sulfonamides is 1. The van der Waals surface area contributed by atoms with E-state index < -0.39 is 15.8 Å². The molecule has 0 spiro atoms. The van der Waals surface area contributed by atoms with Crippen LogP contribution in [0.15, 0.2) is 29.6 Å². The normalized spacial score (nSPS) is 11.6. The molecule has 20 heavy (non-hydrogen) atoms. The molecule has 0 saturated carbocycles. The van der Waals surface area contributed by atoms with Crippen LogP contribution in [-0.2, 0) is 28.4 Å². The first-order chi connectivity index (χ1) is 9.42. The molecule has 0 aliphatic rings. The second-order valence-electron chi connectivity index (χ2n) is 4.04. The fraction of sp³-hybridized carbons (Fsp3) is 0.273. The van der Waals surface area contributed by atoms with Gasteiger partial charge in [-0.1, -0.05) is 0 Å². The van der Waals surface area contributed by atoms with E-state index in [-0.39, 0.29) is 17.2 Å². The van der Waals surface area contributed by atoms with Gasteiger partial charge in [-0.15, -0.1) is 0 Å². The van der Waals surface area contributed by atoms with Crippen LogP contribution >= 0.6 is 0 Å². The quantitative estimate of drug-likeness (QED) is 0.886. The van der Waals surface area contributed by atoms with E-state index in [1.54, 1.807) is 7.05 Å². The van der Waals surface area contributed by atoms with Crippen LogP contribution in [0.5, 0.6) is 0 Å². The Labute approximate surface area is 115 Å². The highest BCUT2D eigenvalue weighted by Gasteiger charge is 2.19.